The number of nitriles is 1. The van der Waals surface area contributed by atoms with Gasteiger partial charge in [-0.15, -0.1) is 0 Å². The Morgan fingerprint density at radius 1 is 1.06 bits per heavy atom. The molecule has 2 N–H and O–H groups in total. The van der Waals surface area contributed by atoms with E-state index < -0.39 is 17.7 Å². The van der Waals surface area contributed by atoms with E-state index in [-0.39, 0.29) is 28.7 Å². The van der Waals surface area contributed by atoms with Crippen LogP contribution in [-0.2, 0) is 0 Å². The molecule has 0 spiro atoms. The zero-order valence-corrected chi connectivity index (χ0v) is 19.3. The van der Waals surface area contributed by atoms with Crippen molar-refractivity contribution in [3.05, 3.63) is 105 Å². The predicted octanol–water partition coefficient (Wildman–Crippen LogP) is 5.93. The molecule has 1 aromatic heterocycles. The van der Waals surface area contributed by atoms with E-state index in [1.807, 2.05) is 32.0 Å². The smallest absolute Gasteiger partial charge is 0.379 e. The average molecular weight is 468 g/mol. The van der Waals surface area contributed by atoms with E-state index >= 15 is 0 Å². The second kappa shape index (κ2) is 8.33. The van der Waals surface area contributed by atoms with Crippen molar-refractivity contribution in [3.8, 4) is 17.6 Å². The number of furan rings is 1. The molecular formula is C28H21FN2O4. The summed E-state index contributed by atoms with van der Waals surface area (Å²) in [5, 5.41) is 10.5. The fraction of sp³-hybridized carbons (Fsp3) is 0.143. The maximum atomic E-state index is 14.6. The molecule has 7 heteroatoms. The van der Waals surface area contributed by atoms with Crippen LogP contribution in [0.2, 0.25) is 0 Å². The molecule has 4 aromatic rings. The first-order valence-corrected chi connectivity index (χ1v) is 11.0. The zero-order valence-electron chi connectivity index (χ0n) is 19.3. The summed E-state index contributed by atoms with van der Waals surface area (Å²) in [6, 6.07) is 16.8. The Hall–Kier alpha value is -4.57. The highest BCUT2D eigenvalue weighted by Gasteiger charge is 2.33. The lowest BCUT2D eigenvalue weighted by Crippen LogP contribution is -2.21. The molecule has 2 heterocycles. The van der Waals surface area contributed by atoms with Crippen LogP contribution in [0.4, 0.5) is 4.39 Å². The number of nitrogens with zero attached hydrogens (tertiary/aromatic N) is 1. The van der Waals surface area contributed by atoms with Crippen molar-refractivity contribution in [2.45, 2.75) is 26.7 Å². The molecule has 0 amide bonds. The summed E-state index contributed by atoms with van der Waals surface area (Å²) >= 11 is 0. The number of carbonyl (C=O) groups excluding carboxylic acids is 1. The number of carbonyl (C=O) groups is 1. The van der Waals surface area contributed by atoms with Gasteiger partial charge in [0.25, 0.3) is 0 Å². The molecule has 0 saturated carbocycles. The summed E-state index contributed by atoms with van der Waals surface area (Å²) in [7, 11) is 0. The SMILES string of the molecule is Cc1cc2oc(C(=O)Oc3ccc4c(c3)OC(N)=C(C#N)C4c3ccccc3F)c(C)c2cc1C. The average Bonchev–Trinajstić information content (AvgIpc) is 3.14. The molecule has 1 unspecified atom stereocenters. The Kier molecular flexibility index (Phi) is 5.29. The third kappa shape index (κ3) is 3.69. The van der Waals surface area contributed by atoms with Crippen molar-refractivity contribution in [3.63, 3.8) is 0 Å². The van der Waals surface area contributed by atoms with E-state index in [0.717, 1.165) is 16.5 Å². The Labute approximate surface area is 201 Å². The van der Waals surface area contributed by atoms with Crippen molar-refractivity contribution < 1.29 is 23.1 Å². The van der Waals surface area contributed by atoms with Crippen LogP contribution >= 0.6 is 0 Å². The molecule has 174 valence electrons. The number of allylic oxidation sites excluding steroid dienone is 1. The van der Waals surface area contributed by atoms with Crippen LogP contribution in [0, 0.1) is 37.9 Å². The minimum atomic E-state index is -0.751. The number of halogens is 1. The van der Waals surface area contributed by atoms with Gasteiger partial charge in [0.1, 0.15) is 34.5 Å². The van der Waals surface area contributed by atoms with Gasteiger partial charge < -0.3 is 19.6 Å². The van der Waals surface area contributed by atoms with Crippen molar-refractivity contribution in [1.29, 1.82) is 5.26 Å². The second-order valence-corrected chi connectivity index (χ2v) is 8.52. The minimum absolute atomic E-state index is 0.107. The number of aryl methyl sites for hydroxylation is 3. The summed E-state index contributed by atoms with van der Waals surface area (Å²) in [6.45, 7) is 5.78. The summed E-state index contributed by atoms with van der Waals surface area (Å²) < 4.78 is 31.7. The van der Waals surface area contributed by atoms with Gasteiger partial charge in [-0.05, 0) is 56.2 Å². The fourth-order valence-corrected chi connectivity index (χ4v) is 4.35. The van der Waals surface area contributed by atoms with Crippen LogP contribution in [0.25, 0.3) is 11.0 Å². The van der Waals surface area contributed by atoms with E-state index in [0.29, 0.717) is 22.3 Å². The molecule has 5 rings (SSSR count). The first-order chi connectivity index (χ1) is 16.8. The first-order valence-electron chi connectivity index (χ1n) is 11.0. The largest absolute Gasteiger partial charge is 0.449 e. The number of esters is 1. The minimum Gasteiger partial charge on any atom is -0.449 e. The lowest BCUT2D eigenvalue weighted by atomic mass is 9.83. The van der Waals surface area contributed by atoms with Gasteiger partial charge in [-0.25, -0.2) is 9.18 Å². The van der Waals surface area contributed by atoms with Crippen LogP contribution in [0.5, 0.6) is 11.5 Å². The summed E-state index contributed by atoms with van der Waals surface area (Å²) in [6.07, 6.45) is 0. The van der Waals surface area contributed by atoms with Gasteiger partial charge in [-0.1, -0.05) is 24.3 Å². The van der Waals surface area contributed by atoms with Crippen LogP contribution < -0.4 is 15.2 Å². The molecule has 1 aliphatic rings. The number of rotatable bonds is 3. The van der Waals surface area contributed by atoms with Crippen LogP contribution in [0.15, 0.2) is 70.5 Å². The molecule has 0 radical (unpaired) electrons. The van der Waals surface area contributed by atoms with Gasteiger partial charge in [0.05, 0.1) is 5.92 Å². The van der Waals surface area contributed by atoms with E-state index in [9.17, 15) is 14.4 Å². The van der Waals surface area contributed by atoms with Crippen molar-refractivity contribution >= 4 is 16.9 Å². The van der Waals surface area contributed by atoms with E-state index in [2.05, 4.69) is 0 Å². The van der Waals surface area contributed by atoms with E-state index in [4.69, 9.17) is 19.6 Å². The van der Waals surface area contributed by atoms with Crippen LogP contribution in [0.3, 0.4) is 0 Å². The van der Waals surface area contributed by atoms with Crippen LogP contribution in [-0.4, -0.2) is 5.97 Å². The third-order valence-corrected chi connectivity index (χ3v) is 6.36. The second-order valence-electron chi connectivity index (χ2n) is 8.52. The predicted molar refractivity (Wildman–Crippen MR) is 128 cm³/mol. The Balaban J connectivity index is 1.50. The lowest BCUT2D eigenvalue weighted by molar-refractivity contribution is 0.0702. The standard InChI is InChI=1S/C28H21FN2O4/c1-14-10-20-16(3)26(34-23(20)11-15(14)2)28(32)33-17-8-9-19-24(12-17)35-27(31)21(13-30)25(19)18-6-4-5-7-22(18)29/h4-12,25H,31H2,1-3H3. The van der Waals surface area contributed by atoms with Gasteiger partial charge in [0, 0.05) is 28.1 Å². The Morgan fingerprint density at radius 3 is 2.54 bits per heavy atom. The summed E-state index contributed by atoms with van der Waals surface area (Å²) in [5.41, 5.74) is 10.4. The van der Waals surface area contributed by atoms with E-state index in [1.54, 1.807) is 37.3 Å². The van der Waals surface area contributed by atoms with Gasteiger partial charge in [0.15, 0.2) is 0 Å². The summed E-state index contributed by atoms with van der Waals surface area (Å²) in [5.74, 6) is -1.42. The fourth-order valence-electron chi connectivity index (χ4n) is 4.35. The lowest BCUT2D eigenvalue weighted by Gasteiger charge is -2.26. The molecule has 1 atom stereocenters. The monoisotopic (exact) mass is 468 g/mol. The molecule has 0 fully saturated rings. The van der Waals surface area contributed by atoms with Gasteiger partial charge in [0.2, 0.25) is 11.6 Å². The maximum absolute atomic E-state index is 14.6. The first kappa shape index (κ1) is 22.2. The number of hydrogen-bond acceptors (Lipinski definition) is 6. The van der Waals surface area contributed by atoms with Gasteiger partial charge >= 0.3 is 5.97 Å². The number of nitrogens with two attached hydrogens (primary N) is 1. The molecule has 6 nitrogen and oxygen atoms in total. The quantitative estimate of drug-likeness (QED) is 0.295. The molecular weight excluding hydrogens is 447 g/mol. The molecule has 0 saturated heterocycles. The Bertz CT molecular complexity index is 1590. The topological polar surface area (TPSA) is 98.5 Å². The summed E-state index contributed by atoms with van der Waals surface area (Å²) in [4.78, 5) is 13.0. The highest BCUT2D eigenvalue weighted by Crippen LogP contribution is 2.44. The third-order valence-electron chi connectivity index (χ3n) is 6.36. The van der Waals surface area contributed by atoms with Gasteiger partial charge in [-0.3, -0.25) is 0 Å². The molecule has 35 heavy (non-hydrogen) atoms. The number of ether oxygens (including phenoxy) is 2. The highest BCUT2D eigenvalue weighted by atomic mass is 19.1. The van der Waals surface area contributed by atoms with Crippen molar-refractivity contribution in [2.24, 2.45) is 5.73 Å². The van der Waals surface area contributed by atoms with Crippen molar-refractivity contribution in [2.75, 3.05) is 0 Å². The number of benzene rings is 3. The van der Waals surface area contributed by atoms with Gasteiger partial charge in [-0.2, -0.15) is 5.26 Å². The highest BCUT2D eigenvalue weighted by molar-refractivity contribution is 5.97. The van der Waals surface area contributed by atoms with Crippen LogP contribution in [0.1, 0.15) is 44.3 Å². The van der Waals surface area contributed by atoms with E-state index in [1.165, 1.54) is 12.1 Å². The normalized spacial score (nSPS) is 14.9. The number of hydrogen-bond donors (Lipinski definition) is 1. The Morgan fingerprint density at radius 2 is 1.80 bits per heavy atom. The number of fused-ring (bicyclic) bond motifs is 2. The molecule has 0 aliphatic carbocycles. The molecule has 0 bridgehead atoms. The maximum Gasteiger partial charge on any atom is 0.379 e. The molecule has 1 aliphatic heterocycles. The molecule has 3 aromatic carbocycles. The zero-order chi connectivity index (χ0) is 24.9. The van der Waals surface area contributed by atoms with Crippen molar-refractivity contribution in [1.82, 2.24) is 0 Å².